The summed E-state index contributed by atoms with van der Waals surface area (Å²) >= 11 is 0. The molecule has 0 aromatic rings. The summed E-state index contributed by atoms with van der Waals surface area (Å²) in [6.07, 6.45) is 23.8. The van der Waals surface area contributed by atoms with E-state index in [0.29, 0.717) is 25.9 Å². The van der Waals surface area contributed by atoms with E-state index in [4.69, 9.17) is 9.47 Å². The fourth-order valence-electron chi connectivity index (χ4n) is 4.05. The molecule has 0 aliphatic rings. The van der Waals surface area contributed by atoms with Gasteiger partial charge in [0.05, 0.1) is 6.61 Å². The fourth-order valence-corrected chi connectivity index (χ4v) is 4.05. The van der Waals surface area contributed by atoms with Gasteiger partial charge in [-0.1, -0.05) is 117 Å². The molecule has 0 bridgehead atoms. The highest BCUT2D eigenvalue weighted by atomic mass is 16.6. The van der Waals surface area contributed by atoms with Crippen LogP contribution in [0.1, 0.15) is 163 Å². The molecule has 0 spiro atoms. The van der Waals surface area contributed by atoms with Crippen molar-refractivity contribution < 1.29 is 19.1 Å². The van der Waals surface area contributed by atoms with Crippen molar-refractivity contribution in [2.45, 2.75) is 168 Å². The van der Waals surface area contributed by atoms with E-state index >= 15 is 0 Å². The number of ether oxygens (including phenoxy) is 2. The van der Waals surface area contributed by atoms with Crippen LogP contribution in [0.15, 0.2) is 0 Å². The summed E-state index contributed by atoms with van der Waals surface area (Å²) in [6.45, 7) is 8.60. The number of hydrogen-bond acceptors (Lipinski definition) is 4. The molecule has 0 saturated heterocycles. The SMILES string of the molecule is CCCCCCCCCCCC(=O)OCCC(C)(C)OC(=O)CCCCCCCCCCC. The summed E-state index contributed by atoms with van der Waals surface area (Å²) in [5.41, 5.74) is -0.589. The minimum atomic E-state index is -0.589. The maximum Gasteiger partial charge on any atom is 0.306 e. The molecule has 0 N–H and O–H groups in total. The van der Waals surface area contributed by atoms with Crippen molar-refractivity contribution in [1.82, 2.24) is 0 Å². The minimum Gasteiger partial charge on any atom is -0.466 e. The van der Waals surface area contributed by atoms with Gasteiger partial charge in [-0.3, -0.25) is 9.59 Å². The second kappa shape index (κ2) is 22.7. The van der Waals surface area contributed by atoms with Crippen molar-refractivity contribution >= 4 is 11.9 Å². The minimum absolute atomic E-state index is 0.130. The predicted molar refractivity (Wildman–Crippen MR) is 139 cm³/mol. The Labute approximate surface area is 206 Å². The highest BCUT2D eigenvalue weighted by molar-refractivity contribution is 5.70. The first kappa shape index (κ1) is 31.9. The Kier molecular flexibility index (Phi) is 22.0. The number of rotatable bonds is 24. The first-order valence-corrected chi connectivity index (χ1v) is 14.3. The molecule has 0 aliphatic carbocycles. The molecule has 0 amide bonds. The van der Waals surface area contributed by atoms with Gasteiger partial charge in [-0.15, -0.1) is 0 Å². The van der Waals surface area contributed by atoms with Crippen LogP contribution in [0.3, 0.4) is 0 Å². The Balaban J connectivity index is 3.62. The smallest absolute Gasteiger partial charge is 0.306 e. The van der Waals surface area contributed by atoms with Crippen LogP contribution in [0, 0.1) is 0 Å². The van der Waals surface area contributed by atoms with E-state index in [1.165, 1.54) is 89.9 Å². The summed E-state index contributed by atoms with van der Waals surface area (Å²) in [6, 6.07) is 0. The van der Waals surface area contributed by atoms with E-state index in [1.807, 2.05) is 13.8 Å². The summed E-state index contributed by atoms with van der Waals surface area (Å²) in [4.78, 5) is 24.1. The maximum atomic E-state index is 12.1. The monoisotopic (exact) mass is 468 g/mol. The van der Waals surface area contributed by atoms with Crippen LogP contribution in [0.2, 0.25) is 0 Å². The number of carbonyl (C=O) groups excluding carboxylic acids is 2. The predicted octanol–water partition coefficient (Wildman–Crippen LogP) is 9.08. The highest BCUT2D eigenvalue weighted by Gasteiger charge is 2.23. The first-order chi connectivity index (χ1) is 15.9. The Hall–Kier alpha value is -1.06. The van der Waals surface area contributed by atoms with Gasteiger partial charge in [0.1, 0.15) is 5.60 Å². The molecule has 4 nitrogen and oxygen atoms in total. The van der Waals surface area contributed by atoms with E-state index in [0.717, 1.165) is 25.7 Å². The standard InChI is InChI=1S/C29H56O4/c1-5-7-9-11-13-15-17-19-21-23-27(30)32-26-25-29(3,4)33-28(31)24-22-20-18-16-14-12-10-8-6-2/h5-26H2,1-4H3. The molecule has 0 fully saturated rings. The molecule has 0 aliphatic heterocycles. The topological polar surface area (TPSA) is 52.6 Å². The van der Waals surface area contributed by atoms with E-state index in [-0.39, 0.29) is 11.9 Å². The lowest BCUT2D eigenvalue weighted by molar-refractivity contribution is -0.159. The quantitative estimate of drug-likeness (QED) is 0.105. The Morgan fingerprint density at radius 1 is 0.545 bits per heavy atom. The number of hydrogen-bond donors (Lipinski definition) is 0. The molecule has 196 valence electrons. The fraction of sp³-hybridized carbons (Fsp3) is 0.931. The largest absolute Gasteiger partial charge is 0.466 e. The van der Waals surface area contributed by atoms with Crippen molar-refractivity contribution in [3.05, 3.63) is 0 Å². The third-order valence-corrected chi connectivity index (χ3v) is 6.33. The van der Waals surface area contributed by atoms with Gasteiger partial charge >= 0.3 is 11.9 Å². The molecule has 0 unspecified atom stereocenters. The molecule has 0 saturated carbocycles. The van der Waals surface area contributed by atoms with Gasteiger partial charge in [0, 0.05) is 19.3 Å². The average Bonchev–Trinajstić information content (AvgIpc) is 2.76. The molecule has 0 radical (unpaired) electrons. The van der Waals surface area contributed by atoms with Gasteiger partial charge in [0.15, 0.2) is 0 Å². The average molecular weight is 469 g/mol. The molecular weight excluding hydrogens is 412 g/mol. The van der Waals surface area contributed by atoms with Crippen molar-refractivity contribution in [3.63, 3.8) is 0 Å². The first-order valence-electron chi connectivity index (χ1n) is 14.3. The van der Waals surface area contributed by atoms with E-state index < -0.39 is 5.60 Å². The van der Waals surface area contributed by atoms with Crippen LogP contribution in [0.4, 0.5) is 0 Å². The van der Waals surface area contributed by atoms with Crippen LogP contribution in [-0.4, -0.2) is 24.1 Å². The van der Waals surface area contributed by atoms with Gasteiger partial charge in [0.25, 0.3) is 0 Å². The van der Waals surface area contributed by atoms with Crippen molar-refractivity contribution in [3.8, 4) is 0 Å². The molecule has 0 aromatic carbocycles. The maximum absolute atomic E-state index is 12.1. The highest BCUT2D eigenvalue weighted by Crippen LogP contribution is 2.18. The van der Waals surface area contributed by atoms with Gasteiger partial charge < -0.3 is 9.47 Å². The van der Waals surface area contributed by atoms with Crippen LogP contribution in [-0.2, 0) is 19.1 Å². The zero-order valence-electron chi connectivity index (χ0n) is 22.7. The normalized spacial score (nSPS) is 11.5. The zero-order chi connectivity index (χ0) is 24.6. The Morgan fingerprint density at radius 3 is 1.33 bits per heavy atom. The van der Waals surface area contributed by atoms with Crippen molar-refractivity contribution in [2.24, 2.45) is 0 Å². The Bertz CT molecular complexity index is 459. The lowest BCUT2D eigenvalue weighted by Crippen LogP contribution is -2.30. The second-order valence-electron chi connectivity index (χ2n) is 10.4. The molecule has 4 heteroatoms. The summed E-state index contributed by atoms with van der Waals surface area (Å²) in [7, 11) is 0. The molecule has 0 rings (SSSR count). The summed E-state index contributed by atoms with van der Waals surface area (Å²) < 4.78 is 11.0. The van der Waals surface area contributed by atoms with Crippen molar-refractivity contribution in [1.29, 1.82) is 0 Å². The van der Waals surface area contributed by atoms with Crippen LogP contribution in [0.5, 0.6) is 0 Å². The van der Waals surface area contributed by atoms with Crippen LogP contribution >= 0.6 is 0 Å². The number of unbranched alkanes of at least 4 members (excludes halogenated alkanes) is 16. The molecule has 0 aromatic heterocycles. The third kappa shape index (κ3) is 23.9. The Morgan fingerprint density at radius 2 is 0.909 bits per heavy atom. The summed E-state index contributed by atoms with van der Waals surface area (Å²) in [5.74, 6) is -0.265. The molecule has 0 atom stereocenters. The van der Waals surface area contributed by atoms with Gasteiger partial charge in [-0.05, 0) is 26.7 Å². The van der Waals surface area contributed by atoms with Crippen LogP contribution in [0.25, 0.3) is 0 Å². The van der Waals surface area contributed by atoms with E-state index in [2.05, 4.69) is 13.8 Å². The van der Waals surface area contributed by atoms with Gasteiger partial charge in [0.2, 0.25) is 0 Å². The number of esters is 2. The van der Waals surface area contributed by atoms with Gasteiger partial charge in [-0.25, -0.2) is 0 Å². The van der Waals surface area contributed by atoms with Crippen LogP contribution < -0.4 is 0 Å². The molecule has 0 heterocycles. The lowest BCUT2D eigenvalue weighted by Gasteiger charge is -2.25. The second-order valence-corrected chi connectivity index (χ2v) is 10.4. The zero-order valence-corrected chi connectivity index (χ0v) is 22.7. The van der Waals surface area contributed by atoms with Gasteiger partial charge in [-0.2, -0.15) is 0 Å². The van der Waals surface area contributed by atoms with E-state index in [1.54, 1.807) is 0 Å². The van der Waals surface area contributed by atoms with Crippen molar-refractivity contribution in [2.75, 3.05) is 6.61 Å². The molecular formula is C29H56O4. The van der Waals surface area contributed by atoms with E-state index in [9.17, 15) is 9.59 Å². The lowest BCUT2D eigenvalue weighted by atomic mass is 10.1. The number of carbonyl (C=O) groups is 2. The molecule has 33 heavy (non-hydrogen) atoms. The summed E-state index contributed by atoms with van der Waals surface area (Å²) in [5, 5.41) is 0. The third-order valence-electron chi connectivity index (χ3n) is 6.33.